The third-order valence-corrected chi connectivity index (χ3v) is 5.47. The van der Waals surface area contributed by atoms with E-state index in [9.17, 15) is 9.59 Å². The van der Waals surface area contributed by atoms with Crippen LogP contribution in [-0.2, 0) is 11.3 Å². The number of fused-ring (bicyclic) bond motifs is 1. The van der Waals surface area contributed by atoms with Crippen LogP contribution in [0.15, 0.2) is 82.9 Å². The molecule has 1 unspecified atom stereocenters. The van der Waals surface area contributed by atoms with E-state index in [-0.39, 0.29) is 17.4 Å². The molecular weight excluding hydrogens is 346 g/mol. The Morgan fingerprint density at radius 1 is 1.00 bits per heavy atom. The van der Waals surface area contributed by atoms with Gasteiger partial charge in [-0.15, -0.1) is 0 Å². The third-order valence-electron chi connectivity index (χ3n) is 4.31. The fourth-order valence-electron chi connectivity index (χ4n) is 3.04. The second kappa shape index (κ2) is 7.17. The van der Waals surface area contributed by atoms with E-state index >= 15 is 0 Å². The van der Waals surface area contributed by atoms with Crippen molar-refractivity contribution in [3.63, 3.8) is 0 Å². The normalized spacial score (nSPS) is 15.9. The minimum atomic E-state index is -0.296. The van der Waals surface area contributed by atoms with E-state index in [0.717, 1.165) is 11.4 Å². The fraction of sp³-hybridized carbons (Fsp3) is 0.150. The number of benzene rings is 2. The van der Waals surface area contributed by atoms with Gasteiger partial charge < -0.3 is 0 Å². The predicted molar refractivity (Wildman–Crippen MR) is 103 cm³/mol. The molecule has 1 aromatic heterocycles. The van der Waals surface area contributed by atoms with Gasteiger partial charge in [-0.2, -0.15) is 0 Å². The van der Waals surface area contributed by atoms with E-state index in [0.29, 0.717) is 17.5 Å². The van der Waals surface area contributed by atoms with Gasteiger partial charge in [0.2, 0.25) is 5.91 Å². The first-order valence-corrected chi connectivity index (χ1v) is 9.35. The van der Waals surface area contributed by atoms with E-state index in [1.165, 1.54) is 24.0 Å². The molecule has 5 nitrogen and oxygen atoms in total. The Labute approximate surface area is 155 Å². The number of thioether (sulfide) groups is 1. The number of rotatable bonds is 3. The van der Waals surface area contributed by atoms with Gasteiger partial charge in [0.1, 0.15) is 0 Å². The van der Waals surface area contributed by atoms with E-state index in [1.807, 2.05) is 60.7 Å². The number of anilines is 2. The SMILES string of the molecule is O=C(C1CSc2nccc(=O)n2C1)N(c1ccccc1)c1ccccc1. The van der Waals surface area contributed by atoms with Crippen LogP contribution in [0.2, 0.25) is 0 Å². The molecule has 0 saturated heterocycles. The lowest BCUT2D eigenvalue weighted by atomic mass is 10.1. The Hall–Kier alpha value is -2.86. The Kier molecular flexibility index (Phi) is 4.58. The van der Waals surface area contributed by atoms with Crippen LogP contribution >= 0.6 is 11.8 Å². The molecule has 1 aliphatic heterocycles. The topological polar surface area (TPSA) is 55.2 Å². The molecule has 4 rings (SSSR count). The van der Waals surface area contributed by atoms with Crippen LogP contribution in [0, 0.1) is 5.92 Å². The standard InChI is InChI=1S/C20H17N3O2S/c24-18-11-12-21-20-22(18)13-15(14-26-20)19(25)23(16-7-3-1-4-8-16)17-9-5-2-6-10-17/h1-12,15H,13-14H2. The Bertz CT molecular complexity index is 934. The molecule has 130 valence electrons. The number of hydrogen-bond acceptors (Lipinski definition) is 4. The van der Waals surface area contributed by atoms with E-state index in [4.69, 9.17) is 0 Å². The summed E-state index contributed by atoms with van der Waals surface area (Å²) < 4.78 is 1.59. The molecule has 26 heavy (non-hydrogen) atoms. The minimum absolute atomic E-state index is 0.0173. The molecule has 0 radical (unpaired) electrons. The maximum absolute atomic E-state index is 13.4. The third kappa shape index (κ3) is 3.15. The van der Waals surface area contributed by atoms with Gasteiger partial charge in [0.25, 0.3) is 5.56 Å². The maximum Gasteiger partial charge on any atom is 0.254 e. The Morgan fingerprint density at radius 3 is 2.23 bits per heavy atom. The molecule has 6 heteroatoms. The maximum atomic E-state index is 13.4. The molecule has 0 fully saturated rings. The van der Waals surface area contributed by atoms with Crippen molar-refractivity contribution in [1.82, 2.24) is 9.55 Å². The molecule has 3 aromatic rings. The highest BCUT2D eigenvalue weighted by molar-refractivity contribution is 7.99. The first kappa shape index (κ1) is 16.6. The lowest BCUT2D eigenvalue weighted by Crippen LogP contribution is -2.40. The summed E-state index contributed by atoms with van der Waals surface area (Å²) in [5.41, 5.74) is 1.52. The molecule has 2 heterocycles. The second-order valence-corrected chi connectivity index (χ2v) is 7.02. The Morgan fingerprint density at radius 2 is 1.62 bits per heavy atom. The van der Waals surface area contributed by atoms with E-state index < -0.39 is 0 Å². The van der Waals surface area contributed by atoms with Crippen LogP contribution < -0.4 is 10.5 Å². The average Bonchev–Trinajstić information content (AvgIpc) is 2.70. The van der Waals surface area contributed by atoms with Gasteiger partial charge >= 0.3 is 0 Å². The van der Waals surface area contributed by atoms with Gasteiger partial charge in [0.05, 0.1) is 5.92 Å². The molecule has 0 spiro atoms. The van der Waals surface area contributed by atoms with Gasteiger partial charge in [0, 0.05) is 35.9 Å². The summed E-state index contributed by atoms with van der Waals surface area (Å²) in [6, 6.07) is 20.6. The summed E-state index contributed by atoms with van der Waals surface area (Å²) in [6.45, 7) is 0.351. The van der Waals surface area contributed by atoms with Crippen LogP contribution in [0.3, 0.4) is 0 Å². The monoisotopic (exact) mass is 363 g/mol. The molecule has 2 aromatic carbocycles. The summed E-state index contributed by atoms with van der Waals surface area (Å²) in [6.07, 6.45) is 1.52. The molecule has 0 aliphatic carbocycles. The summed E-state index contributed by atoms with van der Waals surface area (Å²) in [5, 5.41) is 0.674. The van der Waals surface area contributed by atoms with Crippen molar-refractivity contribution in [2.75, 3.05) is 10.7 Å². The molecule has 0 N–H and O–H groups in total. The van der Waals surface area contributed by atoms with Crippen LogP contribution in [-0.4, -0.2) is 21.2 Å². The van der Waals surface area contributed by atoms with Crippen molar-refractivity contribution >= 4 is 29.0 Å². The summed E-state index contributed by atoms with van der Waals surface area (Å²) in [7, 11) is 0. The van der Waals surface area contributed by atoms with Gasteiger partial charge in [0.15, 0.2) is 5.16 Å². The van der Waals surface area contributed by atoms with Gasteiger partial charge in [-0.3, -0.25) is 19.1 Å². The zero-order valence-corrected chi connectivity index (χ0v) is 14.8. The van der Waals surface area contributed by atoms with Crippen molar-refractivity contribution in [1.29, 1.82) is 0 Å². The molecular formula is C20H17N3O2S. The van der Waals surface area contributed by atoms with Crippen molar-refractivity contribution in [2.45, 2.75) is 11.7 Å². The van der Waals surface area contributed by atoms with Gasteiger partial charge in [-0.05, 0) is 24.3 Å². The summed E-state index contributed by atoms with van der Waals surface area (Å²) in [4.78, 5) is 31.5. The first-order valence-electron chi connectivity index (χ1n) is 8.37. The highest BCUT2D eigenvalue weighted by Gasteiger charge is 2.31. The van der Waals surface area contributed by atoms with Crippen LogP contribution in [0.25, 0.3) is 0 Å². The molecule has 1 amide bonds. The first-order chi connectivity index (χ1) is 12.7. The average molecular weight is 363 g/mol. The highest BCUT2D eigenvalue weighted by Crippen LogP contribution is 2.31. The smallest absolute Gasteiger partial charge is 0.254 e. The van der Waals surface area contributed by atoms with Crippen molar-refractivity contribution in [3.8, 4) is 0 Å². The fourth-order valence-corrected chi connectivity index (χ4v) is 4.09. The van der Waals surface area contributed by atoms with Gasteiger partial charge in [-0.25, -0.2) is 4.98 Å². The number of amides is 1. The number of hydrogen-bond donors (Lipinski definition) is 0. The van der Waals surface area contributed by atoms with E-state index in [2.05, 4.69) is 4.98 Å². The predicted octanol–water partition coefficient (Wildman–Crippen LogP) is 3.33. The highest BCUT2D eigenvalue weighted by atomic mass is 32.2. The van der Waals surface area contributed by atoms with Crippen molar-refractivity contribution in [2.24, 2.45) is 5.92 Å². The van der Waals surface area contributed by atoms with Crippen molar-refractivity contribution < 1.29 is 4.79 Å². The summed E-state index contributed by atoms with van der Waals surface area (Å²) in [5.74, 6) is 0.289. The molecule has 0 bridgehead atoms. The summed E-state index contributed by atoms with van der Waals surface area (Å²) >= 11 is 1.45. The number of para-hydroxylation sites is 2. The zero-order chi connectivity index (χ0) is 17.9. The lowest BCUT2D eigenvalue weighted by Gasteiger charge is -2.30. The molecule has 1 aliphatic rings. The van der Waals surface area contributed by atoms with Crippen LogP contribution in [0.4, 0.5) is 11.4 Å². The van der Waals surface area contributed by atoms with Crippen LogP contribution in [0.5, 0.6) is 0 Å². The second-order valence-electron chi connectivity index (χ2n) is 6.03. The van der Waals surface area contributed by atoms with Gasteiger partial charge in [-0.1, -0.05) is 48.2 Å². The zero-order valence-electron chi connectivity index (χ0n) is 14.0. The number of carbonyl (C=O) groups is 1. The van der Waals surface area contributed by atoms with Crippen LogP contribution in [0.1, 0.15) is 0 Å². The quantitative estimate of drug-likeness (QED) is 0.670. The largest absolute Gasteiger partial charge is 0.287 e. The molecule has 1 atom stereocenters. The Balaban J connectivity index is 1.70. The number of aromatic nitrogens is 2. The minimum Gasteiger partial charge on any atom is -0.287 e. The lowest BCUT2D eigenvalue weighted by molar-refractivity contribution is -0.121. The number of nitrogens with zero attached hydrogens (tertiary/aromatic N) is 3. The molecule has 0 saturated carbocycles. The number of carbonyl (C=O) groups excluding carboxylic acids is 1. The van der Waals surface area contributed by atoms with Crippen molar-refractivity contribution in [3.05, 3.63) is 83.3 Å². The van der Waals surface area contributed by atoms with E-state index in [1.54, 1.807) is 9.47 Å².